The zero-order valence-corrected chi connectivity index (χ0v) is 15.7. The van der Waals surface area contributed by atoms with E-state index in [-0.39, 0.29) is 18.3 Å². The van der Waals surface area contributed by atoms with E-state index in [0.717, 1.165) is 24.1 Å². The number of carbonyl (C=O) groups excluding carboxylic acids is 2. The lowest BCUT2D eigenvalue weighted by atomic mass is 10.0. The molecule has 2 N–H and O–H groups in total. The molecule has 0 bridgehead atoms. The number of hydrogen-bond acceptors (Lipinski definition) is 5. The van der Waals surface area contributed by atoms with Crippen LogP contribution >= 0.6 is 0 Å². The third kappa shape index (κ3) is 4.09. The fourth-order valence-corrected chi connectivity index (χ4v) is 3.24. The SMILES string of the molecule is CC(C)(C)OC(=O)N1CCc2ccc(N3C[C@H](CN)OC3=O)cc2CC1. The maximum absolute atomic E-state index is 12.3. The molecule has 1 saturated heterocycles. The van der Waals surface area contributed by atoms with E-state index in [9.17, 15) is 9.59 Å². The molecule has 7 nitrogen and oxygen atoms in total. The minimum Gasteiger partial charge on any atom is -0.444 e. The van der Waals surface area contributed by atoms with Gasteiger partial charge >= 0.3 is 12.2 Å². The maximum atomic E-state index is 12.3. The normalized spacial score (nSPS) is 20.5. The van der Waals surface area contributed by atoms with Gasteiger partial charge < -0.3 is 20.1 Å². The Balaban J connectivity index is 1.71. The van der Waals surface area contributed by atoms with Crippen molar-refractivity contribution in [2.24, 2.45) is 5.73 Å². The van der Waals surface area contributed by atoms with Gasteiger partial charge in [-0.2, -0.15) is 0 Å². The Morgan fingerprint density at radius 1 is 1.27 bits per heavy atom. The highest BCUT2D eigenvalue weighted by Crippen LogP contribution is 2.26. The van der Waals surface area contributed by atoms with Crippen LogP contribution in [0.3, 0.4) is 0 Å². The molecule has 0 spiro atoms. The van der Waals surface area contributed by atoms with E-state index in [1.165, 1.54) is 5.56 Å². The van der Waals surface area contributed by atoms with Gasteiger partial charge in [0.2, 0.25) is 0 Å². The Bertz CT molecular complexity index is 699. The molecular weight excluding hydrogens is 334 g/mol. The average Bonchev–Trinajstić information content (AvgIpc) is 2.81. The molecule has 26 heavy (non-hydrogen) atoms. The molecule has 0 radical (unpaired) electrons. The minimum absolute atomic E-state index is 0.260. The van der Waals surface area contributed by atoms with Crippen molar-refractivity contribution in [2.75, 3.05) is 31.1 Å². The van der Waals surface area contributed by atoms with E-state index in [4.69, 9.17) is 15.2 Å². The second-order valence-corrected chi connectivity index (χ2v) is 7.77. The minimum atomic E-state index is -0.501. The molecule has 1 aromatic carbocycles. The molecule has 142 valence electrons. The quantitative estimate of drug-likeness (QED) is 0.874. The molecule has 2 amide bonds. The lowest BCUT2D eigenvalue weighted by molar-refractivity contribution is 0.0258. The molecule has 1 atom stereocenters. The number of amides is 2. The van der Waals surface area contributed by atoms with Gasteiger partial charge in [-0.15, -0.1) is 0 Å². The van der Waals surface area contributed by atoms with Gasteiger partial charge in [-0.3, -0.25) is 4.90 Å². The van der Waals surface area contributed by atoms with Crippen LogP contribution in [0.1, 0.15) is 31.9 Å². The fourth-order valence-electron chi connectivity index (χ4n) is 3.24. The van der Waals surface area contributed by atoms with Crippen molar-refractivity contribution < 1.29 is 19.1 Å². The number of anilines is 1. The molecule has 3 rings (SSSR count). The highest BCUT2D eigenvalue weighted by Gasteiger charge is 2.32. The van der Waals surface area contributed by atoms with Gasteiger partial charge in [0.1, 0.15) is 11.7 Å². The van der Waals surface area contributed by atoms with Gasteiger partial charge in [0.15, 0.2) is 0 Å². The monoisotopic (exact) mass is 361 g/mol. The number of nitrogens with two attached hydrogens (primary N) is 1. The lowest BCUT2D eigenvalue weighted by Crippen LogP contribution is -2.38. The van der Waals surface area contributed by atoms with Gasteiger partial charge in [-0.25, -0.2) is 9.59 Å². The zero-order valence-electron chi connectivity index (χ0n) is 15.7. The summed E-state index contributed by atoms with van der Waals surface area (Å²) < 4.78 is 10.7. The van der Waals surface area contributed by atoms with Crippen LogP contribution in [0.25, 0.3) is 0 Å². The van der Waals surface area contributed by atoms with Crippen molar-refractivity contribution in [3.05, 3.63) is 29.3 Å². The van der Waals surface area contributed by atoms with Gasteiger partial charge in [-0.1, -0.05) is 6.07 Å². The highest BCUT2D eigenvalue weighted by molar-refractivity contribution is 5.90. The zero-order chi connectivity index (χ0) is 18.9. The molecule has 2 aliphatic rings. The molecule has 2 heterocycles. The Kier molecular flexibility index (Phi) is 5.09. The van der Waals surface area contributed by atoms with Gasteiger partial charge in [0.05, 0.1) is 6.54 Å². The van der Waals surface area contributed by atoms with E-state index in [0.29, 0.717) is 26.2 Å². The van der Waals surface area contributed by atoms with Gasteiger partial charge in [0, 0.05) is 25.3 Å². The predicted octanol–water partition coefficient (Wildman–Crippen LogP) is 2.31. The van der Waals surface area contributed by atoms with Crippen molar-refractivity contribution in [3.63, 3.8) is 0 Å². The van der Waals surface area contributed by atoms with E-state index in [2.05, 4.69) is 0 Å². The topological polar surface area (TPSA) is 85.1 Å². The molecule has 0 unspecified atom stereocenters. The van der Waals surface area contributed by atoms with Gasteiger partial charge in [-0.05, 0) is 56.9 Å². The van der Waals surface area contributed by atoms with Crippen LogP contribution in [-0.2, 0) is 22.3 Å². The second-order valence-electron chi connectivity index (χ2n) is 7.77. The van der Waals surface area contributed by atoms with Crippen LogP contribution in [0, 0.1) is 0 Å². The number of benzene rings is 1. The van der Waals surface area contributed by atoms with E-state index in [1.807, 2.05) is 39.0 Å². The largest absolute Gasteiger partial charge is 0.444 e. The van der Waals surface area contributed by atoms with Crippen LogP contribution in [-0.4, -0.2) is 55.0 Å². The molecule has 0 aromatic heterocycles. The summed E-state index contributed by atoms with van der Waals surface area (Å²) in [5, 5.41) is 0. The van der Waals surface area contributed by atoms with Crippen LogP contribution in [0.5, 0.6) is 0 Å². The smallest absolute Gasteiger partial charge is 0.414 e. The molecule has 1 fully saturated rings. The number of fused-ring (bicyclic) bond motifs is 1. The summed E-state index contributed by atoms with van der Waals surface area (Å²) in [5.41, 5.74) is 8.26. The summed E-state index contributed by atoms with van der Waals surface area (Å²) in [6, 6.07) is 5.99. The molecule has 2 aliphatic heterocycles. The fraction of sp³-hybridized carbons (Fsp3) is 0.579. The Hall–Kier alpha value is -2.28. The second kappa shape index (κ2) is 7.15. The number of nitrogens with zero attached hydrogens (tertiary/aromatic N) is 2. The van der Waals surface area contributed by atoms with E-state index in [1.54, 1.807) is 9.80 Å². The first-order chi connectivity index (χ1) is 12.3. The first kappa shape index (κ1) is 18.5. The number of cyclic esters (lactones) is 1. The summed E-state index contributed by atoms with van der Waals surface area (Å²) in [5.74, 6) is 0. The average molecular weight is 361 g/mol. The standard InChI is InChI=1S/C19H27N3O4/c1-19(2,3)26-17(23)21-8-6-13-4-5-15(10-14(13)7-9-21)22-12-16(11-20)25-18(22)24/h4-5,10,16H,6-9,11-12,20H2,1-3H3/t16-/m0/s1. The highest BCUT2D eigenvalue weighted by atomic mass is 16.6. The summed E-state index contributed by atoms with van der Waals surface area (Å²) >= 11 is 0. The molecule has 0 saturated carbocycles. The van der Waals surface area contributed by atoms with Crippen LogP contribution in [0.4, 0.5) is 15.3 Å². The van der Waals surface area contributed by atoms with Crippen molar-refractivity contribution in [1.82, 2.24) is 4.90 Å². The summed E-state index contributed by atoms with van der Waals surface area (Å²) in [7, 11) is 0. The summed E-state index contributed by atoms with van der Waals surface area (Å²) in [6.07, 6.45) is 0.601. The molecule has 1 aromatic rings. The summed E-state index contributed by atoms with van der Waals surface area (Å²) in [4.78, 5) is 27.7. The number of ether oxygens (including phenoxy) is 2. The first-order valence-corrected chi connectivity index (χ1v) is 9.05. The van der Waals surface area contributed by atoms with Crippen molar-refractivity contribution in [3.8, 4) is 0 Å². The van der Waals surface area contributed by atoms with E-state index >= 15 is 0 Å². The lowest BCUT2D eigenvalue weighted by Gasteiger charge is -2.26. The maximum Gasteiger partial charge on any atom is 0.414 e. The number of hydrogen-bond donors (Lipinski definition) is 1. The summed E-state index contributed by atoms with van der Waals surface area (Å²) in [6.45, 7) is 7.62. The number of carbonyl (C=O) groups is 2. The van der Waals surface area contributed by atoms with E-state index < -0.39 is 5.60 Å². The molecule has 0 aliphatic carbocycles. The Labute approximate surface area is 154 Å². The van der Waals surface area contributed by atoms with Crippen LogP contribution < -0.4 is 10.6 Å². The van der Waals surface area contributed by atoms with Crippen LogP contribution in [0.15, 0.2) is 18.2 Å². The van der Waals surface area contributed by atoms with Gasteiger partial charge in [0.25, 0.3) is 0 Å². The Morgan fingerprint density at radius 2 is 1.96 bits per heavy atom. The Morgan fingerprint density at radius 3 is 2.58 bits per heavy atom. The molecule has 7 heteroatoms. The van der Waals surface area contributed by atoms with Crippen molar-refractivity contribution >= 4 is 17.9 Å². The van der Waals surface area contributed by atoms with Crippen molar-refractivity contribution in [2.45, 2.75) is 45.3 Å². The van der Waals surface area contributed by atoms with Crippen LogP contribution in [0.2, 0.25) is 0 Å². The number of rotatable bonds is 2. The third-order valence-corrected chi connectivity index (χ3v) is 4.59. The first-order valence-electron chi connectivity index (χ1n) is 9.05. The molecular formula is C19H27N3O4. The predicted molar refractivity (Wildman–Crippen MR) is 98.3 cm³/mol. The van der Waals surface area contributed by atoms with Crippen molar-refractivity contribution in [1.29, 1.82) is 0 Å². The third-order valence-electron chi connectivity index (χ3n) is 4.59.